The van der Waals surface area contributed by atoms with Gasteiger partial charge in [0.15, 0.2) is 0 Å². The van der Waals surface area contributed by atoms with E-state index in [1.807, 2.05) is 39.0 Å². The molecule has 1 aromatic heterocycles. The lowest BCUT2D eigenvalue weighted by molar-refractivity contribution is -0.131. The van der Waals surface area contributed by atoms with Crippen LogP contribution in [0.25, 0.3) is 17.3 Å². The minimum absolute atomic E-state index is 0.299. The molecule has 0 spiro atoms. The van der Waals surface area contributed by atoms with Crippen molar-refractivity contribution in [1.29, 1.82) is 0 Å². The molecule has 1 heterocycles. The number of nitrogens with zero attached hydrogens (tertiary/aromatic N) is 2. The van der Waals surface area contributed by atoms with Gasteiger partial charge in [0.1, 0.15) is 0 Å². The van der Waals surface area contributed by atoms with Gasteiger partial charge in [0, 0.05) is 23.7 Å². The molecule has 1 N–H and O–H groups in total. The molecule has 0 amide bonds. The van der Waals surface area contributed by atoms with Crippen LogP contribution in [0.15, 0.2) is 35.1 Å². The van der Waals surface area contributed by atoms with Gasteiger partial charge in [-0.1, -0.05) is 12.1 Å². The highest BCUT2D eigenvalue weighted by Crippen LogP contribution is 2.20. The fourth-order valence-corrected chi connectivity index (χ4v) is 2.10. The summed E-state index contributed by atoms with van der Waals surface area (Å²) in [5.41, 5.74) is 3.87. The first-order chi connectivity index (χ1) is 10.4. The summed E-state index contributed by atoms with van der Waals surface area (Å²) in [5, 5.41) is 13.1. The third-order valence-corrected chi connectivity index (χ3v) is 3.51. The zero-order valence-electron chi connectivity index (χ0n) is 12.8. The van der Waals surface area contributed by atoms with E-state index >= 15 is 0 Å². The van der Waals surface area contributed by atoms with Crippen molar-refractivity contribution in [2.75, 3.05) is 0 Å². The summed E-state index contributed by atoms with van der Waals surface area (Å²) in [6, 6.07) is 7.57. The Morgan fingerprint density at radius 2 is 2.00 bits per heavy atom. The Hall–Kier alpha value is -2.69. The van der Waals surface area contributed by atoms with E-state index in [1.54, 1.807) is 6.07 Å². The van der Waals surface area contributed by atoms with Crippen LogP contribution in [-0.4, -0.2) is 20.9 Å². The fraction of sp³-hybridized carbons (Fsp3) is 0.235. The second kappa shape index (κ2) is 6.39. The first kappa shape index (κ1) is 15.7. The summed E-state index contributed by atoms with van der Waals surface area (Å²) in [4.78, 5) is 22.8. The molecule has 0 fully saturated rings. The predicted molar refractivity (Wildman–Crippen MR) is 85.8 cm³/mol. The fourth-order valence-electron chi connectivity index (χ4n) is 2.10. The number of hydrogen-bond acceptors (Lipinski definition) is 3. The Kier molecular flexibility index (Phi) is 4.56. The molecular weight excluding hydrogens is 280 g/mol. The van der Waals surface area contributed by atoms with E-state index < -0.39 is 5.97 Å². The Labute approximate surface area is 128 Å². The quantitative estimate of drug-likeness (QED) is 0.881. The second-order valence-corrected chi connectivity index (χ2v) is 5.08. The number of rotatable bonds is 4. The molecule has 1 aromatic carbocycles. The van der Waals surface area contributed by atoms with Crippen LogP contribution in [0.5, 0.6) is 0 Å². The molecule has 22 heavy (non-hydrogen) atoms. The van der Waals surface area contributed by atoms with Crippen molar-refractivity contribution in [2.45, 2.75) is 27.3 Å². The van der Waals surface area contributed by atoms with Gasteiger partial charge in [-0.05, 0) is 50.1 Å². The zero-order chi connectivity index (χ0) is 16.3. The highest BCUT2D eigenvalue weighted by molar-refractivity contribution is 5.85. The largest absolute Gasteiger partial charge is 0.478 e. The van der Waals surface area contributed by atoms with Gasteiger partial charge in [0.05, 0.1) is 5.69 Å². The molecule has 0 saturated heterocycles. The van der Waals surface area contributed by atoms with Crippen molar-refractivity contribution < 1.29 is 9.90 Å². The summed E-state index contributed by atoms with van der Waals surface area (Å²) >= 11 is 0. The summed E-state index contributed by atoms with van der Waals surface area (Å²) in [7, 11) is 0. The molecule has 0 aliphatic heterocycles. The first-order valence-electron chi connectivity index (χ1n) is 7.03. The van der Waals surface area contributed by atoms with Crippen molar-refractivity contribution in [1.82, 2.24) is 9.78 Å². The van der Waals surface area contributed by atoms with Crippen molar-refractivity contribution in [3.8, 4) is 11.3 Å². The molecule has 2 rings (SSSR count). The highest BCUT2D eigenvalue weighted by atomic mass is 16.4. The van der Waals surface area contributed by atoms with Gasteiger partial charge >= 0.3 is 5.97 Å². The van der Waals surface area contributed by atoms with E-state index in [0.29, 0.717) is 17.8 Å². The van der Waals surface area contributed by atoms with Gasteiger partial charge in [0.2, 0.25) is 0 Å². The summed E-state index contributed by atoms with van der Waals surface area (Å²) in [6.07, 6.45) is 2.27. The lowest BCUT2D eigenvalue weighted by Crippen LogP contribution is -2.24. The Morgan fingerprint density at radius 1 is 1.27 bits per heavy atom. The van der Waals surface area contributed by atoms with Gasteiger partial charge in [-0.3, -0.25) is 4.79 Å². The van der Waals surface area contributed by atoms with E-state index in [4.69, 9.17) is 5.11 Å². The average molecular weight is 298 g/mol. The van der Waals surface area contributed by atoms with Gasteiger partial charge in [-0.15, -0.1) is 0 Å². The molecule has 0 atom stereocenters. The van der Waals surface area contributed by atoms with Crippen LogP contribution in [0.1, 0.15) is 23.6 Å². The van der Waals surface area contributed by atoms with Gasteiger partial charge in [0.25, 0.3) is 5.56 Å². The van der Waals surface area contributed by atoms with E-state index in [1.165, 1.54) is 16.3 Å². The first-order valence-corrected chi connectivity index (χ1v) is 7.03. The second-order valence-electron chi connectivity index (χ2n) is 5.08. The molecule has 5 nitrogen and oxygen atoms in total. The van der Waals surface area contributed by atoms with Crippen molar-refractivity contribution >= 4 is 12.0 Å². The maximum atomic E-state index is 12.2. The van der Waals surface area contributed by atoms with E-state index in [2.05, 4.69) is 5.10 Å². The smallest absolute Gasteiger partial charge is 0.328 e. The van der Waals surface area contributed by atoms with Crippen LogP contribution in [-0.2, 0) is 11.3 Å². The topological polar surface area (TPSA) is 72.2 Å². The molecule has 2 aromatic rings. The maximum absolute atomic E-state index is 12.2. The van der Waals surface area contributed by atoms with E-state index in [-0.39, 0.29) is 5.56 Å². The van der Waals surface area contributed by atoms with E-state index in [0.717, 1.165) is 17.2 Å². The minimum Gasteiger partial charge on any atom is -0.478 e. The average Bonchev–Trinajstić information content (AvgIpc) is 2.49. The van der Waals surface area contributed by atoms with Crippen molar-refractivity contribution in [2.24, 2.45) is 0 Å². The maximum Gasteiger partial charge on any atom is 0.328 e. The van der Waals surface area contributed by atoms with Gasteiger partial charge < -0.3 is 5.11 Å². The SMILES string of the molecule is CCn1nc(-c2ccc(C)c(C)c2)cc(/C=C/C(=O)O)c1=O. The number of carbonyl (C=O) groups is 1. The Balaban J connectivity index is 2.61. The third-order valence-electron chi connectivity index (χ3n) is 3.51. The van der Waals surface area contributed by atoms with Crippen LogP contribution in [0.4, 0.5) is 0 Å². The Bertz CT molecular complexity index is 804. The van der Waals surface area contributed by atoms with Crippen molar-refractivity contribution in [3.63, 3.8) is 0 Å². The zero-order valence-corrected chi connectivity index (χ0v) is 12.8. The lowest BCUT2D eigenvalue weighted by atomic mass is 10.0. The van der Waals surface area contributed by atoms with Gasteiger partial charge in [-0.2, -0.15) is 5.10 Å². The normalized spacial score (nSPS) is 11.0. The molecule has 0 aliphatic rings. The summed E-state index contributed by atoms with van der Waals surface area (Å²) in [6.45, 7) is 6.29. The number of hydrogen-bond donors (Lipinski definition) is 1. The third kappa shape index (κ3) is 3.31. The van der Waals surface area contributed by atoms with Crippen LogP contribution in [0.3, 0.4) is 0 Å². The number of aryl methyl sites for hydroxylation is 3. The number of aromatic nitrogens is 2. The number of carboxylic acid groups (broad SMARTS) is 1. The van der Waals surface area contributed by atoms with Crippen LogP contribution >= 0.6 is 0 Å². The number of carboxylic acids is 1. The predicted octanol–water partition coefficient (Wildman–Crippen LogP) is 2.64. The molecule has 0 unspecified atom stereocenters. The molecule has 0 bridgehead atoms. The van der Waals surface area contributed by atoms with Crippen molar-refractivity contribution in [3.05, 3.63) is 57.4 Å². The van der Waals surface area contributed by atoms with Crippen LogP contribution in [0.2, 0.25) is 0 Å². The Morgan fingerprint density at radius 3 is 2.59 bits per heavy atom. The minimum atomic E-state index is -1.09. The summed E-state index contributed by atoms with van der Waals surface area (Å²) < 4.78 is 1.34. The molecule has 0 aliphatic carbocycles. The van der Waals surface area contributed by atoms with Crippen LogP contribution in [0, 0.1) is 13.8 Å². The molecule has 5 heteroatoms. The molecular formula is C17H18N2O3. The summed E-state index contributed by atoms with van der Waals surface area (Å²) in [5.74, 6) is -1.09. The molecule has 114 valence electrons. The monoisotopic (exact) mass is 298 g/mol. The molecule has 0 saturated carbocycles. The van der Waals surface area contributed by atoms with Gasteiger partial charge in [-0.25, -0.2) is 9.48 Å². The van der Waals surface area contributed by atoms with E-state index in [9.17, 15) is 9.59 Å². The molecule has 0 radical (unpaired) electrons. The highest BCUT2D eigenvalue weighted by Gasteiger charge is 2.08. The standard InChI is InChI=1S/C17H18N2O3/c1-4-19-17(22)14(7-8-16(20)21)10-15(18-19)13-6-5-11(2)12(3)9-13/h5-10H,4H2,1-3H3,(H,20,21)/b8-7+. The number of aliphatic carboxylic acids is 1. The van der Waals surface area contributed by atoms with Crippen LogP contribution < -0.4 is 5.56 Å². The lowest BCUT2D eigenvalue weighted by Gasteiger charge is -2.09. The number of benzene rings is 1.